The Morgan fingerprint density at radius 3 is 2.86 bits per heavy atom. The highest BCUT2D eigenvalue weighted by atomic mass is 79.9. The van der Waals surface area contributed by atoms with Gasteiger partial charge in [-0.05, 0) is 28.9 Å². The maximum absolute atomic E-state index is 12.9. The van der Waals surface area contributed by atoms with E-state index in [1.54, 1.807) is 6.07 Å². The van der Waals surface area contributed by atoms with Gasteiger partial charge in [-0.2, -0.15) is 4.98 Å². The van der Waals surface area contributed by atoms with Crippen molar-refractivity contribution >= 4 is 50.3 Å². The first-order valence-electron chi connectivity index (χ1n) is 8.76. The molecule has 0 aliphatic carbocycles. The predicted octanol–water partition coefficient (Wildman–Crippen LogP) is 1.93. The maximum Gasteiger partial charge on any atom is 0.407 e. The first-order chi connectivity index (χ1) is 13.3. The molecule has 0 bridgehead atoms. The number of aliphatic hydroxyl groups is 1. The highest BCUT2D eigenvalue weighted by molar-refractivity contribution is 9.10. The van der Waals surface area contributed by atoms with Crippen molar-refractivity contribution in [3.8, 4) is 5.75 Å². The summed E-state index contributed by atoms with van der Waals surface area (Å²) in [6, 6.07) is 0.986. The van der Waals surface area contributed by atoms with Crippen LogP contribution in [0, 0.1) is 0 Å². The Morgan fingerprint density at radius 1 is 1.46 bits per heavy atom. The third-order valence-corrected chi connectivity index (χ3v) is 6.52. The Hall–Kier alpha value is -2.04. The number of hydrogen-bond acceptors (Lipinski definition) is 6. The van der Waals surface area contributed by atoms with Gasteiger partial charge < -0.3 is 24.7 Å². The Balaban J connectivity index is 1.93. The molecular weight excluding hydrogens is 456 g/mol. The number of piperazine rings is 1. The molecule has 1 amide bonds. The molecule has 28 heavy (non-hydrogen) atoms. The number of benzene rings is 1. The van der Waals surface area contributed by atoms with Crippen LogP contribution in [0.15, 0.2) is 15.3 Å². The number of ether oxygens (including phenoxy) is 1. The highest BCUT2D eigenvalue weighted by Crippen LogP contribution is 2.44. The number of aromatic nitrogens is 2. The summed E-state index contributed by atoms with van der Waals surface area (Å²) in [4.78, 5) is 31.7. The Kier molecular flexibility index (Phi) is 4.88. The fourth-order valence-corrected chi connectivity index (χ4v) is 4.44. The lowest BCUT2D eigenvalue weighted by Gasteiger charge is -2.40. The zero-order valence-corrected chi connectivity index (χ0v) is 17.3. The Bertz CT molecular complexity index is 1030. The summed E-state index contributed by atoms with van der Waals surface area (Å²) in [6.45, 7) is 2.75. The molecule has 1 unspecified atom stereocenters. The van der Waals surface area contributed by atoms with Gasteiger partial charge in [-0.1, -0.05) is 11.6 Å². The van der Waals surface area contributed by atoms with Crippen LogP contribution in [0.4, 0.5) is 10.6 Å². The third-order valence-electron chi connectivity index (χ3n) is 5.21. The van der Waals surface area contributed by atoms with Gasteiger partial charge >= 0.3 is 11.8 Å². The van der Waals surface area contributed by atoms with Gasteiger partial charge in [0.05, 0.1) is 22.1 Å². The number of aliphatic hydroxyl groups excluding tert-OH is 1. The molecule has 2 aliphatic heterocycles. The van der Waals surface area contributed by atoms with Crippen LogP contribution in [0.1, 0.15) is 13.0 Å². The van der Waals surface area contributed by atoms with Crippen LogP contribution in [-0.2, 0) is 0 Å². The van der Waals surface area contributed by atoms with Crippen LogP contribution < -0.4 is 15.3 Å². The van der Waals surface area contributed by atoms with Crippen molar-refractivity contribution in [3.63, 3.8) is 0 Å². The summed E-state index contributed by atoms with van der Waals surface area (Å²) in [6.07, 6.45) is -0.970. The van der Waals surface area contributed by atoms with E-state index in [1.165, 1.54) is 9.47 Å². The van der Waals surface area contributed by atoms with Crippen LogP contribution in [-0.4, -0.2) is 69.6 Å². The quantitative estimate of drug-likeness (QED) is 0.686. The lowest BCUT2D eigenvalue weighted by Crippen LogP contribution is -2.54. The molecule has 2 N–H and O–H groups in total. The van der Waals surface area contributed by atoms with Gasteiger partial charge in [-0.3, -0.25) is 4.57 Å². The highest BCUT2D eigenvalue weighted by Gasteiger charge is 2.33. The maximum atomic E-state index is 12.9. The van der Waals surface area contributed by atoms with E-state index in [4.69, 9.17) is 16.3 Å². The third kappa shape index (κ3) is 2.90. The number of carbonyl (C=O) groups is 1. The molecule has 0 spiro atoms. The van der Waals surface area contributed by atoms with E-state index in [2.05, 4.69) is 20.9 Å². The van der Waals surface area contributed by atoms with E-state index in [1.807, 2.05) is 11.8 Å². The first kappa shape index (κ1) is 19.3. The smallest absolute Gasteiger partial charge is 0.407 e. The summed E-state index contributed by atoms with van der Waals surface area (Å²) in [5.74, 6) is 0.872. The van der Waals surface area contributed by atoms with Gasteiger partial charge in [0.1, 0.15) is 17.9 Å². The fraction of sp³-hybridized carbons (Fsp3) is 0.471. The van der Waals surface area contributed by atoms with Crippen molar-refractivity contribution in [1.82, 2.24) is 14.5 Å². The van der Waals surface area contributed by atoms with E-state index in [-0.39, 0.29) is 19.3 Å². The second-order valence-corrected chi connectivity index (χ2v) is 8.10. The molecular formula is C17H18BrClN4O5. The van der Waals surface area contributed by atoms with E-state index in [0.717, 1.165) is 0 Å². The Labute approximate surface area is 173 Å². The number of carboxylic acid groups (broad SMARTS) is 1. The number of amides is 1. The molecule has 9 nitrogen and oxygen atoms in total. The molecule has 1 aromatic heterocycles. The molecule has 4 rings (SSSR count). The van der Waals surface area contributed by atoms with Crippen molar-refractivity contribution < 1.29 is 19.7 Å². The molecule has 0 radical (unpaired) electrons. The monoisotopic (exact) mass is 472 g/mol. The van der Waals surface area contributed by atoms with Crippen molar-refractivity contribution in [3.05, 3.63) is 26.0 Å². The van der Waals surface area contributed by atoms with Gasteiger partial charge in [-0.15, -0.1) is 0 Å². The summed E-state index contributed by atoms with van der Waals surface area (Å²) >= 11 is 9.79. The van der Waals surface area contributed by atoms with Crippen LogP contribution in [0.2, 0.25) is 5.02 Å². The summed E-state index contributed by atoms with van der Waals surface area (Å²) in [5, 5.41) is 20.0. The first-order valence-corrected chi connectivity index (χ1v) is 9.93. The van der Waals surface area contributed by atoms with Gasteiger partial charge in [-0.25, -0.2) is 9.59 Å². The van der Waals surface area contributed by atoms with Gasteiger partial charge in [0, 0.05) is 31.1 Å². The molecule has 1 fully saturated rings. The van der Waals surface area contributed by atoms with Crippen LogP contribution in [0.3, 0.4) is 0 Å². The number of anilines is 1. The second kappa shape index (κ2) is 7.09. The van der Waals surface area contributed by atoms with E-state index >= 15 is 0 Å². The standard InChI is InChI=1S/C17H18BrClN4O5/c1-8-5-21(17(26)27)2-3-22(8)15-10-4-11(19)12(18)14-13(10)23(16(25)20-15)9(6-24)7-28-14/h4,8-9,24H,2-3,5-7H2,1H3,(H,26,27)/t8?,9-/m1/s1. The molecule has 150 valence electrons. The summed E-state index contributed by atoms with van der Waals surface area (Å²) in [7, 11) is 0. The van der Waals surface area contributed by atoms with Gasteiger partial charge in [0.25, 0.3) is 0 Å². The van der Waals surface area contributed by atoms with E-state index in [9.17, 15) is 19.8 Å². The molecule has 3 heterocycles. The average Bonchev–Trinajstić information content (AvgIpc) is 2.67. The minimum atomic E-state index is -0.970. The van der Waals surface area contributed by atoms with Crippen molar-refractivity contribution in [2.75, 3.05) is 37.7 Å². The van der Waals surface area contributed by atoms with E-state index < -0.39 is 17.8 Å². The van der Waals surface area contributed by atoms with Crippen molar-refractivity contribution in [2.45, 2.75) is 19.0 Å². The van der Waals surface area contributed by atoms with Crippen molar-refractivity contribution in [2.24, 2.45) is 0 Å². The van der Waals surface area contributed by atoms with Crippen LogP contribution in [0.5, 0.6) is 5.75 Å². The molecule has 1 saturated heterocycles. The van der Waals surface area contributed by atoms with Gasteiger partial charge in [0.15, 0.2) is 5.75 Å². The number of hydrogen-bond donors (Lipinski definition) is 2. The largest absolute Gasteiger partial charge is 0.488 e. The second-order valence-electron chi connectivity index (χ2n) is 6.90. The van der Waals surface area contributed by atoms with Gasteiger partial charge in [0.2, 0.25) is 0 Å². The molecule has 2 aliphatic rings. The van der Waals surface area contributed by atoms with E-state index in [0.29, 0.717) is 51.6 Å². The minimum absolute atomic E-state index is 0.131. The molecule has 1 aromatic carbocycles. The minimum Gasteiger partial charge on any atom is -0.488 e. The molecule has 11 heteroatoms. The zero-order chi connectivity index (χ0) is 20.2. The summed E-state index contributed by atoms with van der Waals surface area (Å²) in [5.41, 5.74) is 0.0256. The molecule has 2 aromatic rings. The van der Waals surface area contributed by atoms with Crippen LogP contribution in [0.25, 0.3) is 10.9 Å². The zero-order valence-electron chi connectivity index (χ0n) is 14.9. The SMILES string of the molecule is CC1CN(C(=O)O)CCN1c1nc(=O)n2c3c(c(Br)c(Cl)cc13)OC[C@H]2CO. The van der Waals surface area contributed by atoms with Crippen molar-refractivity contribution in [1.29, 1.82) is 0 Å². The van der Waals surface area contributed by atoms with Crippen LogP contribution >= 0.6 is 27.5 Å². The number of halogens is 2. The fourth-order valence-electron chi connectivity index (χ4n) is 3.83. The Morgan fingerprint density at radius 2 is 2.21 bits per heavy atom. The normalized spacial score (nSPS) is 21.7. The average molecular weight is 474 g/mol. The lowest BCUT2D eigenvalue weighted by molar-refractivity contribution is 0.136. The molecule has 2 atom stereocenters. The lowest BCUT2D eigenvalue weighted by atomic mass is 10.1. The number of nitrogens with zero attached hydrogens (tertiary/aromatic N) is 4. The predicted molar refractivity (Wildman–Crippen MR) is 107 cm³/mol. The molecule has 0 saturated carbocycles. The number of rotatable bonds is 2. The summed E-state index contributed by atoms with van der Waals surface area (Å²) < 4.78 is 7.78. The topological polar surface area (TPSA) is 108 Å².